The van der Waals surface area contributed by atoms with Crippen LogP contribution in [0.15, 0.2) is 0 Å². The Hall–Kier alpha value is -0.0800. The summed E-state index contributed by atoms with van der Waals surface area (Å²) in [6.07, 6.45) is 0. The van der Waals surface area contributed by atoms with Crippen molar-refractivity contribution in [3.63, 3.8) is 0 Å². The molecule has 1 fully saturated rings. The average Bonchev–Trinajstić information content (AvgIpc) is 1.75. The molecule has 0 spiro atoms. The lowest BCUT2D eigenvalue weighted by atomic mass is 9.98. The van der Waals surface area contributed by atoms with Crippen LogP contribution in [0, 0.1) is 5.92 Å². The zero-order valence-corrected chi connectivity index (χ0v) is 8.17. The van der Waals surface area contributed by atoms with Crippen LogP contribution in [-0.4, -0.2) is 49.6 Å². The summed E-state index contributed by atoms with van der Waals surface area (Å²) in [7, 11) is 4.30. The van der Waals surface area contributed by atoms with E-state index in [1.165, 1.54) is 19.6 Å². The Morgan fingerprint density at radius 1 is 1.36 bits per heavy atom. The second kappa shape index (κ2) is 3.55. The van der Waals surface area contributed by atoms with Crippen molar-refractivity contribution in [3.05, 3.63) is 0 Å². The summed E-state index contributed by atoms with van der Waals surface area (Å²) in [4.78, 5) is 4.80. The molecule has 1 aliphatic rings. The molecule has 0 aromatic rings. The molecule has 1 rings (SSSR count). The maximum Gasteiger partial charge on any atom is 0.00388 e. The van der Waals surface area contributed by atoms with Crippen molar-refractivity contribution < 1.29 is 0 Å². The van der Waals surface area contributed by atoms with Gasteiger partial charge in [0.1, 0.15) is 0 Å². The molecule has 11 heavy (non-hydrogen) atoms. The smallest absolute Gasteiger partial charge is 0.00388 e. The maximum absolute atomic E-state index is 2.52. The lowest BCUT2D eigenvalue weighted by molar-refractivity contribution is 0.0520. The molecular formula is C9H20N2. The molecule has 0 amide bonds. The first-order valence-corrected chi connectivity index (χ1v) is 4.48. The third-order valence-electron chi connectivity index (χ3n) is 2.34. The van der Waals surface area contributed by atoms with Gasteiger partial charge in [0.2, 0.25) is 0 Å². The number of hydrogen-bond donors (Lipinski definition) is 0. The largest absolute Gasteiger partial charge is 0.309 e. The van der Waals surface area contributed by atoms with Gasteiger partial charge in [-0.25, -0.2) is 0 Å². The van der Waals surface area contributed by atoms with E-state index in [9.17, 15) is 0 Å². The summed E-state index contributed by atoms with van der Waals surface area (Å²) in [5.41, 5.74) is 0. The van der Waals surface area contributed by atoms with Crippen molar-refractivity contribution in [2.45, 2.75) is 19.9 Å². The molecule has 2 nitrogen and oxygen atoms in total. The molecule has 0 aliphatic carbocycles. The van der Waals surface area contributed by atoms with Crippen molar-refractivity contribution in [1.29, 1.82) is 0 Å². The summed E-state index contributed by atoms with van der Waals surface area (Å²) in [5, 5.41) is 0. The summed E-state index contributed by atoms with van der Waals surface area (Å²) < 4.78 is 0. The zero-order chi connectivity index (χ0) is 8.43. The highest BCUT2D eigenvalue weighted by Crippen LogP contribution is 2.18. The van der Waals surface area contributed by atoms with Gasteiger partial charge in [-0.2, -0.15) is 0 Å². The summed E-state index contributed by atoms with van der Waals surface area (Å²) in [6, 6.07) is 0.744. The van der Waals surface area contributed by atoms with E-state index in [2.05, 4.69) is 37.7 Å². The maximum atomic E-state index is 2.52. The number of hydrogen-bond acceptors (Lipinski definition) is 2. The molecule has 0 aromatic heterocycles. The van der Waals surface area contributed by atoms with Crippen LogP contribution in [0.1, 0.15) is 13.8 Å². The van der Waals surface area contributed by atoms with Crippen LogP contribution in [-0.2, 0) is 0 Å². The minimum atomic E-state index is 0.744. The molecule has 1 heterocycles. The minimum absolute atomic E-state index is 0.744. The van der Waals surface area contributed by atoms with E-state index in [4.69, 9.17) is 0 Å². The van der Waals surface area contributed by atoms with Crippen molar-refractivity contribution in [2.75, 3.05) is 33.7 Å². The van der Waals surface area contributed by atoms with Crippen LogP contribution in [0.3, 0.4) is 0 Å². The van der Waals surface area contributed by atoms with Gasteiger partial charge in [-0.3, -0.25) is 0 Å². The van der Waals surface area contributed by atoms with E-state index >= 15 is 0 Å². The first kappa shape index (κ1) is 9.01. The fourth-order valence-electron chi connectivity index (χ4n) is 1.66. The number of rotatable bonds is 3. The van der Waals surface area contributed by atoms with E-state index in [0.29, 0.717) is 0 Å². The Balaban J connectivity index is 2.09. The summed E-state index contributed by atoms with van der Waals surface area (Å²) in [6.45, 7) is 8.40. The van der Waals surface area contributed by atoms with E-state index in [0.717, 1.165) is 12.0 Å². The molecule has 0 saturated carbocycles. The summed E-state index contributed by atoms with van der Waals surface area (Å²) in [5.74, 6) is 0.924. The first-order chi connectivity index (χ1) is 5.09. The van der Waals surface area contributed by atoms with Crippen LogP contribution in [0.5, 0.6) is 0 Å². The zero-order valence-electron chi connectivity index (χ0n) is 8.17. The normalized spacial score (nSPS) is 21.3. The molecule has 0 unspecified atom stereocenters. The number of likely N-dealkylation sites (tertiary alicyclic amines) is 1. The molecule has 1 aliphatic heterocycles. The van der Waals surface area contributed by atoms with Gasteiger partial charge in [0.15, 0.2) is 0 Å². The fraction of sp³-hybridized carbons (Fsp3) is 1.00. The van der Waals surface area contributed by atoms with E-state index in [-0.39, 0.29) is 0 Å². The van der Waals surface area contributed by atoms with Gasteiger partial charge in [0, 0.05) is 25.7 Å². The highest BCUT2D eigenvalue weighted by atomic mass is 15.2. The quantitative estimate of drug-likeness (QED) is 0.599. The summed E-state index contributed by atoms with van der Waals surface area (Å²) >= 11 is 0. The predicted octanol–water partition coefficient (Wildman–Crippen LogP) is 0.888. The molecule has 0 N–H and O–H groups in total. The molecule has 0 atom stereocenters. The topological polar surface area (TPSA) is 6.48 Å². The van der Waals surface area contributed by atoms with Crippen molar-refractivity contribution in [2.24, 2.45) is 5.92 Å². The Kier molecular flexibility index (Phi) is 2.90. The molecular weight excluding hydrogens is 136 g/mol. The van der Waals surface area contributed by atoms with Crippen LogP contribution < -0.4 is 0 Å². The average molecular weight is 156 g/mol. The van der Waals surface area contributed by atoms with Crippen molar-refractivity contribution >= 4 is 0 Å². The Bertz CT molecular complexity index is 115. The van der Waals surface area contributed by atoms with E-state index < -0.39 is 0 Å². The monoisotopic (exact) mass is 156 g/mol. The standard InChI is InChI=1S/C9H20N2/c1-8(2)11-6-9(7-11)5-10(3)4/h8-9H,5-7H2,1-4H3. The van der Waals surface area contributed by atoms with E-state index in [1.807, 2.05) is 0 Å². The van der Waals surface area contributed by atoms with Crippen LogP contribution in [0.2, 0.25) is 0 Å². The number of nitrogens with zero attached hydrogens (tertiary/aromatic N) is 2. The van der Waals surface area contributed by atoms with Gasteiger partial charge in [-0.05, 0) is 33.9 Å². The Morgan fingerprint density at radius 3 is 2.27 bits per heavy atom. The van der Waals surface area contributed by atoms with Gasteiger partial charge in [0.25, 0.3) is 0 Å². The van der Waals surface area contributed by atoms with Gasteiger partial charge < -0.3 is 9.80 Å². The molecule has 66 valence electrons. The fourth-order valence-corrected chi connectivity index (χ4v) is 1.66. The highest BCUT2D eigenvalue weighted by molar-refractivity contribution is 4.82. The van der Waals surface area contributed by atoms with Gasteiger partial charge in [-0.1, -0.05) is 0 Å². The molecule has 2 heteroatoms. The van der Waals surface area contributed by atoms with E-state index in [1.54, 1.807) is 0 Å². The first-order valence-electron chi connectivity index (χ1n) is 4.48. The lowest BCUT2D eigenvalue weighted by Gasteiger charge is -2.43. The van der Waals surface area contributed by atoms with Gasteiger partial charge in [-0.15, -0.1) is 0 Å². The minimum Gasteiger partial charge on any atom is -0.309 e. The van der Waals surface area contributed by atoms with Crippen molar-refractivity contribution in [3.8, 4) is 0 Å². The lowest BCUT2D eigenvalue weighted by Crippen LogP contribution is -2.53. The molecule has 0 aromatic carbocycles. The second-order valence-corrected chi connectivity index (χ2v) is 4.18. The molecule has 1 saturated heterocycles. The van der Waals surface area contributed by atoms with Crippen LogP contribution in [0.4, 0.5) is 0 Å². The Morgan fingerprint density at radius 2 is 1.91 bits per heavy atom. The molecule has 0 radical (unpaired) electrons. The molecule has 0 bridgehead atoms. The van der Waals surface area contributed by atoms with Crippen LogP contribution in [0.25, 0.3) is 0 Å². The van der Waals surface area contributed by atoms with Crippen LogP contribution >= 0.6 is 0 Å². The highest BCUT2D eigenvalue weighted by Gasteiger charge is 2.28. The SMILES string of the molecule is CC(C)N1CC(CN(C)C)C1. The third kappa shape index (κ3) is 2.46. The Labute approximate surface area is 70.2 Å². The van der Waals surface area contributed by atoms with Gasteiger partial charge in [0.05, 0.1) is 0 Å². The predicted molar refractivity (Wildman–Crippen MR) is 48.8 cm³/mol. The second-order valence-electron chi connectivity index (χ2n) is 4.18. The van der Waals surface area contributed by atoms with Gasteiger partial charge >= 0.3 is 0 Å². The van der Waals surface area contributed by atoms with Crippen molar-refractivity contribution in [1.82, 2.24) is 9.80 Å². The third-order valence-corrected chi connectivity index (χ3v) is 2.34.